The summed E-state index contributed by atoms with van der Waals surface area (Å²) in [5, 5.41) is 4.49. The van der Waals surface area contributed by atoms with E-state index in [9.17, 15) is 4.79 Å². The highest BCUT2D eigenvalue weighted by Crippen LogP contribution is 2.18. The van der Waals surface area contributed by atoms with Crippen molar-refractivity contribution in [2.24, 2.45) is 0 Å². The summed E-state index contributed by atoms with van der Waals surface area (Å²) in [7, 11) is 0. The van der Waals surface area contributed by atoms with Crippen LogP contribution in [-0.4, -0.2) is 39.3 Å². The predicted molar refractivity (Wildman–Crippen MR) is 84.0 cm³/mol. The SMILES string of the molecule is CC(C)(C)OC(=O)Cc1ccn2nc(N3CCCC3)nc2c1. The predicted octanol–water partition coefficient (Wildman–Crippen LogP) is 2.21. The summed E-state index contributed by atoms with van der Waals surface area (Å²) in [5.74, 6) is 0.544. The highest BCUT2D eigenvalue weighted by atomic mass is 16.6. The summed E-state index contributed by atoms with van der Waals surface area (Å²) >= 11 is 0. The molecule has 0 radical (unpaired) electrons. The molecule has 0 saturated carbocycles. The number of rotatable bonds is 3. The fraction of sp³-hybridized carbons (Fsp3) is 0.562. The Hall–Kier alpha value is -2.11. The monoisotopic (exact) mass is 302 g/mol. The second-order valence-corrected chi connectivity index (χ2v) is 6.71. The number of carbonyl (C=O) groups is 1. The number of nitrogens with zero attached hydrogens (tertiary/aromatic N) is 4. The molecule has 22 heavy (non-hydrogen) atoms. The molecule has 1 aliphatic heterocycles. The van der Waals surface area contributed by atoms with Gasteiger partial charge in [-0.15, -0.1) is 5.10 Å². The molecular formula is C16H22N4O2. The molecule has 0 bridgehead atoms. The first-order valence-corrected chi connectivity index (χ1v) is 7.73. The van der Waals surface area contributed by atoms with Crippen molar-refractivity contribution in [3.05, 3.63) is 23.9 Å². The van der Waals surface area contributed by atoms with Crippen molar-refractivity contribution in [2.45, 2.75) is 45.6 Å². The lowest BCUT2D eigenvalue weighted by Crippen LogP contribution is -2.24. The fourth-order valence-corrected chi connectivity index (χ4v) is 2.62. The normalized spacial score (nSPS) is 15.5. The lowest BCUT2D eigenvalue weighted by Gasteiger charge is -2.19. The van der Waals surface area contributed by atoms with Crippen LogP contribution in [0.25, 0.3) is 5.65 Å². The molecule has 2 aromatic rings. The van der Waals surface area contributed by atoms with Crippen LogP contribution in [0.15, 0.2) is 18.3 Å². The van der Waals surface area contributed by atoms with Crippen molar-refractivity contribution in [1.82, 2.24) is 14.6 Å². The summed E-state index contributed by atoms with van der Waals surface area (Å²) in [6, 6.07) is 3.79. The molecule has 0 aliphatic carbocycles. The van der Waals surface area contributed by atoms with Crippen molar-refractivity contribution in [2.75, 3.05) is 18.0 Å². The zero-order valence-corrected chi connectivity index (χ0v) is 13.4. The summed E-state index contributed by atoms with van der Waals surface area (Å²) in [5.41, 5.74) is 1.20. The van der Waals surface area contributed by atoms with Crippen molar-refractivity contribution >= 4 is 17.6 Å². The fourth-order valence-electron chi connectivity index (χ4n) is 2.62. The van der Waals surface area contributed by atoms with Crippen molar-refractivity contribution in [3.63, 3.8) is 0 Å². The second-order valence-electron chi connectivity index (χ2n) is 6.71. The number of esters is 1. The van der Waals surface area contributed by atoms with E-state index in [2.05, 4.69) is 15.0 Å². The third-order valence-corrected chi connectivity index (χ3v) is 3.55. The topological polar surface area (TPSA) is 59.7 Å². The van der Waals surface area contributed by atoms with Crippen molar-refractivity contribution in [3.8, 4) is 0 Å². The minimum atomic E-state index is -0.459. The van der Waals surface area contributed by atoms with Crippen LogP contribution in [0, 0.1) is 0 Å². The van der Waals surface area contributed by atoms with Crippen molar-refractivity contribution in [1.29, 1.82) is 0 Å². The number of pyridine rings is 1. The van der Waals surface area contributed by atoms with Gasteiger partial charge in [-0.3, -0.25) is 4.79 Å². The lowest BCUT2D eigenvalue weighted by atomic mass is 10.1. The van der Waals surface area contributed by atoms with E-state index in [1.165, 1.54) is 12.8 Å². The highest BCUT2D eigenvalue weighted by Gasteiger charge is 2.18. The third-order valence-electron chi connectivity index (χ3n) is 3.55. The number of anilines is 1. The van der Waals surface area contributed by atoms with Crippen LogP contribution in [0.5, 0.6) is 0 Å². The molecule has 1 saturated heterocycles. The quantitative estimate of drug-likeness (QED) is 0.814. The Balaban J connectivity index is 1.76. The Labute approximate surface area is 130 Å². The molecule has 6 heteroatoms. The molecule has 0 amide bonds. The molecule has 118 valence electrons. The van der Waals surface area contributed by atoms with Gasteiger partial charge in [0.15, 0.2) is 5.65 Å². The maximum Gasteiger partial charge on any atom is 0.310 e. The van der Waals surface area contributed by atoms with E-state index in [0.29, 0.717) is 0 Å². The Bertz CT molecular complexity index is 681. The largest absolute Gasteiger partial charge is 0.460 e. The number of ether oxygens (including phenoxy) is 1. The Morgan fingerprint density at radius 1 is 1.32 bits per heavy atom. The molecule has 3 heterocycles. The highest BCUT2D eigenvalue weighted by molar-refractivity contribution is 5.73. The Morgan fingerprint density at radius 2 is 2.05 bits per heavy atom. The van der Waals surface area contributed by atoms with Gasteiger partial charge < -0.3 is 9.64 Å². The molecule has 1 fully saturated rings. The van der Waals surface area contributed by atoms with Gasteiger partial charge >= 0.3 is 5.97 Å². The molecular weight excluding hydrogens is 280 g/mol. The number of hydrogen-bond acceptors (Lipinski definition) is 5. The Morgan fingerprint density at radius 3 is 2.73 bits per heavy atom. The molecule has 0 aromatic carbocycles. The number of fused-ring (bicyclic) bond motifs is 1. The molecule has 0 unspecified atom stereocenters. The average Bonchev–Trinajstić information content (AvgIpc) is 3.04. The molecule has 0 N–H and O–H groups in total. The van der Waals surface area contributed by atoms with Crippen LogP contribution in [0.3, 0.4) is 0 Å². The molecule has 3 rings (SSSR count). The van der Waals surface area contributed by atoms with Gasteiger partial charge in [0.2, 0.25) is 5.95 Å². The van der Waals surface area contributed by atoms with E-state index < -0.39 is 5.60 Å². The summed E-state index contributed by atoms with van der Waals surface area (Å²) in [6.07, 6.45) is 4.49. The van der Waals surface area contributed by atoms with Crippen LogP contribution in [0.2, 0.25) is 0 Å². The van der Waals surface area contributed by atoms with Gasteiger partial charge in [-0.05, 0) is 51.3 Å². The van der Waals surface area contributed by atoms with Crippen molar-refractivity contribution < 1.29 is 9.53 Å². The summed E-state index contributed by atoms with van der Waals surface area (Å²) in [4.78, 5) is 18.7. The van der Waals surface area contributed by atoms with Crippen LogP contribution < -0.4 is 4.90 Å². The molecule has 1 aliphatic rings. The first kappa shape index (κ1) is 14.8. The van der Waals surface area contributed by atoms with Gasteiger partial charge in [0.1, 0.15) is 5.60 Å². The van der Waals surface area contributed by atoms with Gasteiger partial charge in [-0.2, -0.15) is 4.98 Å². The number of hydrogen-bond donors (Lipinski definition) is 0. The van der Waals surface area contributed by atoms with E-state index in [1.807, 2.05) is 39.1 Å². The van der Waals surface area contributed by atoms with Gasteiger partial charge in [-0.1, -0.05) is 0 Å². The lowest BCUT2D eigenvalue weighted by molar-refractivity contribution is -0.153. The van der Waals surface area contributed by atoms with Gasteiger partial charge in [0.25, 0.3) is 0 Å². The van der Waals surface area contributed by atoms with E-state index in [4.69, 9.17) is 4.74 Å². The van der Waals surface area contributed by atoms with Crippen LogP contribution in [0.4, 0.5) is 5.95 Å². The maximum absolute atomic E-state index is 11.9. The van der Waals surface area contributed by atoms with E-state index in [-0.39, 0.29) is 12.4 Å². The van der Waals surface area contributed by atoms with Gasteiger partial charge in [-0.25, -0.2) is 4.52 Å². The molecule has 6 nitrogen and oxygen atoms in total. The number of aromatic nitrogens is 3. The molecule has 2 aromatic heterocycles. The first-order valence-electron chi connectivity index (χ1n) is 7.73. The second kappa shape index (κ2) is 5.59. The van der Waals surface area contributed by atoms with E-state index in [1.54, 1.807) is 4.52 Å². The van der Waals surface area contributed by atoms with Gasteiger partial charge in [0, 0.05) is 19.3 Å². The molecule has 0 spiro atoms. The minimum absolute atomic E-state index is 0.226. The zero-order valence-electron chi connectivity index (χ0n) is 13.4. The third kappa shape index (κ3) is 3.37. The van der Waals surface area contributed by atoms with Crippen LogP contribution in [0.1, 0.15) is 39.2 Å². The summed E-state index contributed by atoms with van der Waals surface area (Å²) < 4.78 is 7.11. The van der Waals surface area contributed by atoms with Gasteiger partial charge in [0.05, 0.1) is 6.42 Å². The standard InChI is InChI=1S/C16H22N4O2/c1-16(2,3)22-14(21)11-12-6-9-20-13(10-12)17-15(18-20)19-7-4-5-8-19/h6,9-10H,4-5,7-8,11H2,1-3H3. The van der Waals surface area contributed by atoms with E-state index in [0.717, 1.165) is 30.2 Å². The zero-order chi connectivity index (χ0) is 15.7. The van der Waals surface area contributed by atoms with Crippen LogP contribution in [-0.2, 0) is 16.0 Å². The van der Waals surface area contributed by atoms with Crippen LogP contribution >= 0.6 is 0 Å². The first-order chi connectivity index (χ1) is 10.4. The smallest absolute Gasteiger partial charge is 0.310 e. The maximum atomic E-state index is 11.9. The van der Waals surface area contributed by atoms with E-state index >= 15 is 0 Å². The minimum Gasteiger partial charge on any atom is -0.460 e. The number of carbonyl (C=O) groups excluding carboxylic acids is 1. The average molecular weight is 302 g/mol. The molecule has 0 atom stereocenters. The Kier molecular flexibility index (Phi) is 3.76. The summed E-state index contributed by atoms with van der Waals surface area (Å²) in [6.45, 7) is 7.64.